The summed E-state index contributed by atoms with van der Waals surface area (Å²) in [5, 5.41) is 9.68. The first kappa shape index (κ1) is 28.3. The van der Waals surface area contributed by atoms with Gasteiger partial charge in [0.2, 0.25) is 0 Å². The molecule has 3 unspecified atom stereocenters. The molecule has 2 aromatic rings. The molecule has 37 heavy (non-hydrogen) atoms. The first-order valence-electron chi connectivity index (χ1n) is 14.1. The topological polar surface area (TPSA) is 0 Å². The predicted molar refractivity (Wildman–Crippen MR) is 165 cm³/mol. The van der Waals surface area contributed by atoms with Crippen LogP contribution in [0.5, 0.6) is 0 Å². The molecule has 0 saturated carbocycles. The maximum atomic E-state index is 2.65. The minimum atomic E-state index is -2.30. The summed E-state index contributed by atoms with van der Waals surface area (Å²) in [5.74, 6) is 0.419. The number of allylic oxidation sites excluding steroid dienone is 8. The molecule has 0 saturated heterocycles. The standard InChI is InChI=1S/C32H39Si.3CH3.Ti/c1-21-17-22(2)19-28(18-21)33-32(20-25(5)26(6)27(32)7)30(31(8)15-10-9-11-16-31)29-23(3)13-12-14-24(29)4;;;;/h9-15,17-19,30H,16,33H2,1-8H3;3*1H3;. The van der Waals surface area contributed by atoms with Gasteiger partial charge in [0.25, 0.3) is 0 Å². The second kappa shape index (κ2) is 10.1. The van der Waals surface area contributed by atoms with E-state index in [1.807, 2.05) is 3.88 Å². The van der Waals surface area contributed by atoms with Gasteiger partial charge < -0.3 is 0 Å². The summed E-state index contributed by atoms with van der Waals surface area (Å²) in [4.78, 5) is 0. The molecule has 0 aliphatic heterocycles. The van der Waals surface area contributed by atoms with Crippen molar-refractivity contribution in [3.8, 4) is 0 Å². The van der Waals surface area contributed by atoms with E-state index in [0.29, 0.717) is 5.92 Å². The Morgan fingerprint density at radius 3 is 1.92 bits per heavy atom. The van der Waals surface area contributed by atoms with Crippen molar-refractivity contribution in [2.24, 2.45) is 5.41 Å². The van der Waals surface area contributed by atoms with Gasteiger partial charge in [0.1, 0.15) is 0 Å². The Morgan fingerprint density at radius 2 is 1.41 bits per heavy atom. The van der Waals surface area contributed by atoms with Gasteiger partial charge in [-0.2, -0.15) is 0 Å². The average Bonchev–Trinajstić information content (AvgIpc) is 2.97. The number of rotatable bonds is 6. The zero-order valence-corrected chi connectivity index (χ0v) is 28.2. The third-order valence-corrected chi connectivity index (χ3v) is 16.2. The van der Waals surface area contributed by atoms with Crippen LogP contribution in [0.25, 0.3) is 0 Å². The van der Waals surface area contributed by atoms with Crippen molar-refractivity contribution in [3.05, 3.63) is 109 Å². The van der Waals surface area contributed by atoms with Crippen LogP contribution in [0.3, 0.4) is 0 Å². The van der Waals surface area contributed by atoms with Gasteiger partial charge in [0.15, 0.2) is 0 Å². The molecular formula is C35H48SiTi. The summed E-state index contributed by atoms with van der Waals surface area (Å²) in [5.41, 5.74) is 12.3. The second-order valence-electron chi connectivity index (χ2n) is 13.4. The van der Waals surface area contributed by atoms with Gasteiger partial charge >= 0.3 is 234 Å². The summed E-state index contributed by atoms with van der Waals surface area (Å²) in [6, 6.07) is 14.4. The van der Waals surface area contributed by atoms with Gasteiger partial charge in [-0.05, 0) is 0 Å². The van der Waals surface area contributed by atoms with Gasteiger partial charge in [-0.25, -0.2) is 0 Å². The van der Waals surface area contributed by atoms with Gasteiger partial charge in [0.05, 0.1) is 0 Å². The normalized spacial score (nSPS) is 25.2. The Morgan fingerprint density at radius 1 is 0.811 bits per heavy atom. The molecule has 2 aliphatic carbocycles. The zero-order valence-electron chi connectivity index (χ0n) is 25.3. The molecular weight excluding hydrogens is 496 g/mol. The molecule has 0 spiro atoms. The average molecular weight is 545 g/mol. The van der Waals surface area contributed by atoms with Crippen LogP contribution in [0.15, 0.2) is 81.3 Å². The van der Waals surface area contributed by atoms with Crippen LogP contribution in [0, 0.1) is 33.1 Å². The van der Waals surface area contributed by atoms with Crippen LogP contribution in [-0.2, 0) is 16.6 Å². The summed E-state index contributed by atoms with van der Waals surface area (Å²) in [6.45, 7) is 19.3. The van der Waals surface area contributed by atoms with E-state index in [9.17, 15) is 0 Å². The molecule has 4 rings (SSSR count). The third kappa shape index (κ3) is 4.93. The van der Waals surface area contributed by atoms with E-state index in [1.54, 1.807) is 27.5 Å². The van der Waals surface area contributed by atoms with Crippen LogP contribution in [0.2, 0.25) is 20.7 Å². The number of hydrogen-bond donors (Lipinski definition) is 0. The number of hydrogen-bond acceptors (Lipinski definition) is 0. The third-order valence-electron chi connectivity index (χ3n) is 9.39. The summed E-state index contributed by atoms with van der Waals surface area (Å²) in [7, 11) is -0.755. The van der Waals surface area contributed by atoms with E-state index in [4.69, 9.17) is 0 Å². The van der Waals surface area contributed by atoms with Crippen molar-refractivity contribution < 1.29 is 16.6 Å². The van der Waals surface area contributed by atoms with Crippen LogP contribution < -0.4 is 5.19 Å². The molecule has 0 N–H and O–H groups in total. The first-order valence-corrected chi connectivity index (χ1v) is 21.0. The van der Waals surface area contributed by atoms with Crippen molar-refractivity contribution in [1.29, 1.82) is 0 Å². The second-order valence-corrected chi connectivity index (χ2v) is 23.5. The molecule has 0 aromatic heterocycles. The van der Waals surface area contributed by atoms with Crippen LogP contribution in [-0.4, -0.2) is 9.52 Å². The van der Waals surface area contributed by atoms with Crippen molar-refractivity contribution in [1.82, 2.24) is 0 Å². The van der Waals surface area contributed by atoms with E-state index in [2.05, 4.69) is 132 Å². The minimum absolute atomic E-state index is 0.0579. The van der Waals surface area contributed by atoms with Gasteiger partial charge in [-0.3, -0.25) is 0 Å². The molecule has 0 radical (unpaired) electrons. The summed E-state index contributed by atoms with van der Waals surface area (Å²) in [6.07, 6.45) is 10.7. The molecule has 2 heteroatoms. The Labute approximate surface area is 233 Å². The summed E-state index contributed by atoms with van der Waals surface area (Å²) < 4.78 is 1.88. The van der Waals surface area contributed by atoms with Gasteiger partial charge in [-0.15, -0.1) is 0 Å². The van der Waals surface area contributed by atoms with E-state index in [1.165, 1.54) is 22.3 Å². The van der Waals surface area contributed by atoms with Crippen molar-refractivity contribution in [2.75, 3.05) is 0 Å². The molecule has 2 aromatic carbocycles. The quantitative estimate of drug-likeness (QED) is 0.318. The molecule has 196 valence electrons. The van der Waals surface area contributed by atoms with Crippen LogP contribution in [0.1, 0.15) is 67.9 Å². The number of benzene rings is 2. The van der Waals surface area contributed by atoms with Crippen molar-refractivity contribution >= 4 is 14.7 Å². The van der Waals surface area contributed by atoms with Crippen molar-refractivity contribution in [3.63, 3.8) is 0 Å². The van der Waals surface area contributed by atoms with E-state index >= 15 is 0 Å². The Kier molecular flexibility index (Phi) is 7.77. The maximum absolute atomic E-state index is 2.65. The Balaban J connectivity index is 2.17. The molecule has 0 amide bonds. The SMILES string of the molecule is CC1=C(C)C([SiH2]c2cc(C)cc(C)c2)(C(c2c(C)cccc2C)C2(C)C=CC=CC2)[C]([Ti]([CH3])([CH3])[CH3])=C1C. The number of aryl methyl sites for hydroxylation is 4. The first-order chi connectivity index (χ1) is 17.2. The van der Waals surface area contributed by atoms with Crippen LogP contribution in [0.4, 0.5) is 0 Å². The molecule has 3 atom stereocenters. The fourth-order valence-corrected chi connectivity index (χ4v) is 18.7. The molecule has 0 fully saturated rings. The fraction of sp³-hybridized carbons (Fsp3) is 0.429. The van der Waals surface area contributed by atoms with Crippen molar-refractivity contribution in [2.45, 2.75) is 88.5 Å². The van der Waals surface area contributed by atoms with E-state index < -0.39 is 26.1 Å². The Bertz CT molecular complexity index is 1310. The molecule has 0 heterocycles. The monoisotopic (exact) mass is 544 g/mol. The van der Waals surface area contributed by atoms with E-state index in [0.717, 1.165) is 6.42 Å². The predicted octanol–water partition coefficient (Wildman–Crippen LogP) is 9.10. The molecule has 0 bridgehead atoms. The fourth-order valence-electron chi connectivity index (χ4n) is 8.11. The Hall–Kier alpha value is -1.67. The van der Waals surface area contributed by atoms with E-state index in [-0.39, 0.29) is 10.5 Å². The molecule has 0 nitrogen and oxygen atoms in total. The zero-order chi connectivity index (χ0) is 27.3. The van der Waals surface area contributed by atoms with Crippen LogP contribution >= 0.6 is 0 Å². The molecule has 2 aliphatic rings. The van der Waals surface area contributed by atoms with Gasteiger partial charge in [0, 0.05) is 0 Å². The van der Waals surface area contributed by atoms with Gasteiger partial charge in [-0.1, -0.05) is 0 Å². The summed E-state index contributed by atoms with van der Waals surface area (Å²) >= 11 is -2.30.